The molecule has 4 nitrogen and oxygen atoms in total. The second-order valence-corrected chi connectivity index (χ2v) is 15.9. The summed E-state index contributed by atoms with van der Waals surface area (Å²) >= 11 is 1.80. The predicted octanol–water partition coefficient (Wildman–Crippen LogP) is 14.6. The van der Waals surface area contributed by atoms with Crippen molar-refractivity contribution in [2.75, 3.05) is 0 Å². The van der Waals surface area contributed by atoms with Crippen LogP contribution in [-0.4, -0.2) is 14.5 Å². The zero-order chi connectivity index (χ0) is 37.2. The predicted molar refractivity (Wildman–Crippen MR) is 240 cm³/mol. The lowest BCUT2D eigenvalue weighted by Crippen LogP contribution is -2.03. The fraction of sp³-hybridized carbons (Fsp3) is 0. The number of para-hydroxylation sites is 2. The van der Waals surface area contributed by atoms with E-state index in [4.69, 9.17) is 14.4 Å². The summed E-state index contributed by atoms with van der Waals surface area (Å²) in [5.41, 5.74) is 9.20. The molecule has 264 valence electrons. The number of furan rings is 1. The second-order valence-electron chi connectivity index (χ2n) is 14.9. The Morgan fingerprint density at radius 1 is 0.421 bits per heavy atom. The molecule has 5 heteroatoms. The Morgan fingerprint density at radius 3 is 1.96 bits per heavy atom. The van der Waals surface area contributed by atoms with Gasteiger partial charge in [-0.05, 0) is 69.1 Å². The lowest BCUT2D eigenvalue weighted by Gasteiger charge is -2.12. The van der Waals surface area contributed by atoms with Gasteiger partial charge in [0.05, 0.1) is 26.9 Å². The van der Waals surface area contributed by atoms with Crippen molar-refractivity contribution >= 4 is 108 Å². The molecule has 57 heavy (non-hydrogen) atoms. The van der Waals surface area contributed by atoms with Gasteiger partial charge in [0.2, 0.25) is 5.95 Å². The smallest absolute Gasteiger partial charge is 0.235 e. The quantitative estimate of drug-likeness (QED) is 0.169. The van der Waals surface area contributed by atoms with Gasteiger partial charge < -0.3 is 4.42 Å². The van der Waals surface area contributed by atoms with E-state index in [1.54, 1.807) is 11.3 Å². The summed E-state index contributed by atoms with van der Waals surface area (Å²) in [6, 6.07) is 62.8. The molecule has 0 aliphatic rings. The molecule has 4 aromatic heterocycles. The van der Waals surface area contributed by atoms with Crippen LogP contribution in [0.25, 0.3) is 125 Å². The Morgan fingerprint density at radius 2 is 1.11 bits per heavy atom. The van der Waals surface area contributed by atoms with E-state index in [1.807, 2.05) is 12.1 Å². The highest BCUT2D eigenvalue weighted by atomic mass is 32.1. The molecule has 0 fully saturated rings. The topological polar surface area (TPSA) is 43.9 Å². The Kier molecular flexibility index (Phi) is 6.29. The lowest BCUT2D eigenvalue weighted by atomic mass is 9.98. The van der Waals surface area contributed by atoms with E-state index < -0.39 is 0 Å². The molecule has 0 spiro atoms. The van der Waals surface area contributed by atoms with Crippen LogP contribution in [0.2, 0.25) is 0 Å². The molecule has 13 rings (SSSR count). The molecule has 0 saturated carbocycles. The van der Waals surface area contributed by atoms with Crippen LogP contribution in [0.15, 0.2) is 180 Å². The van der Waals surface area contributed by atoms with Crippen LogP contribution in [0.3, 0.4) is 0 Å². The molecule has 0 aliphatic carbocycles. The maximum Gasteiger partial charge on any atom is 0.235 e. The van der Waals surface area contributed by atoms with E-state index in [-0.39, 0.29) is 0 Å². The monoisotopic (exact) mass is 743 g/mol. The van der Waals surface area contributed by atoms with E-state index >= 15 is 0 Å². The van der Waals surface area contributed by atoms with Gasteiger partial charge in [0.1, 0.15) is 11.2 Å². The highest BCUT2D eigenvalue weighted by Gasteiger charge is 2.23. The maximum absolute atomic E-state index is 6.54. The van der Waals surface area contributed by atoms with Crippen molar-refractivity contribution in [2.24, 2.45) is 0 Å². The fourth-order valence-electron chi connectivity index (χ4n) is 9.21. The number of hydrogen-bond acceptors (Lipinski definition) is 4. The van der Waals surface area contributed by atoms with Crippen molar-refractivity contribution in [3.63, 3.8) is 0 Å². The summed E-state index contributed by atoms with van der Waals surface area (Å²) in [6.07, 6.45) is 0. The van der Waals surface area contributed by atoms with Gasteiger partial charge in [0.25, 0.3) is 0 Å². The molecule has 0 bridgehead atoms. The highest BCUT2D eigenvalue weighted by Crippen LogP contribution is 2.47. The third kappa shape index (κ3) is 4.37. The molecule has 9 aromatic carbocycles. The number of fused-ring (bicyclic) bond motifs is 16. The van der Waals surface area contributed by atoms with Crippen molar-refractivity contribution in [3.05, 3.63) is 176 Å². The SMILES string of the molecule is c1ccc(-c2cccc(-c3nc(-n4c5ccccc5c5cc6c(ccc7c8ccccc8oc67)cc54)nc4c3sc3c5ccccc5c5ccccc5c43)c2)cc1. The van der Waals surface area contributed by atoms with Crippen molar-refractivity contribution in [3.8, 4) is 28.3 Å². The van der Waals surface area contributed by atoms with E-state index in [1.165, 1.54) is 37.2 Å². The van der Waals surface area contributed by atoms with Crippen LogP contribution in [0.1, 0.15) is 0 Å². The summed E-state index contributed by atoms with van der Waals surface area (Å²) < 4.78 is 11.1. The van der Waals surface area contributed by atoms with E-state index in [0.29, 0.717) is 5.95 Å². The lowest BCUT2D eigenvalue weighted by molar-refractivity contribution is 0.672. The zero-order valence-corrected chi connectivity index (χ0v) is 31.2. The molecule has 0 saturated heterocycles. The Bertz CT molecular complexity index is 3820. The van der Waals surface area contributed by atoms with Gasteiger partial charge in [0, 0.05) is 48.0 Å². The number of aromatic nitrogens is 3. The van der Waals surface area contributed by atoms with Crippen LogP contribution in [0.4, 0.5) is 0 Å². The number of hydrogen-bond donors (Lipinski definition) is 0. The van der Waals surface area contributed by atoms with Crippen molar-refractivity contribution in [1.29, 1.82) is 0 Å². The largest absolute Gasteiger partial charge is 0.455 e. The molecule has 13 aromatic rings. The molecule has 0 radical (unpaired) electrons. The van der Waals surface area contributed by atoms with E-state index in [2.05, 4.69) is 168 Å². The molecule has 0 unspecified atom stereocenters. The number of benzene rings is 9. The number of nitrogens with zero attached hydrogens (tertiary/aromatic N) is 3. The van der Waals surface area contributed by atoms with Crippen LogP contribution in [-0.2, 0) is 0 Å². The van der Waals surface area contributed by atoms with E-state index in [0.717, 1.165) is 81.6 Å². The minimum atomic E-state index is 0.648. The molecule has 0 N–H and O–H groups in total. The Labute approximate surface area is 329 Å². The first kappa shape index (κ1) is 30.9. The van der Waals surface area contributed by atoms with Crippen LogP contribution < -0.4 is 0 Å². The first-order chi connectivity index (χ1) is 28.3. The van der Waals surface area contributed by atoms with E-state index in [9.17, 15) is 0 Å². The molecular formula is C52H29N3OS. The fourth-order valence-corrected chi connectivity index (χ4v) is 10.5. The Balaban J connectivity index is 1.17. The molecule has 0 atom stereocenters. The third-order valence-electron chi connectivity index (χ3n) is 11.8. The van der Waals surface area contributed by atoms with Gasteiger partial charge in [-0.15, -0.1) is 11.3 Å². The van der Waals surface area contributed by atoms with Gasteiger partial charge in [-0.2, -0.15) is 0 Å². The van der Waals surface area contributed by atoms with Crippen LogP contribution in [0, 0.1) is 0 Å². The average Bonchev–Trinajstić information content (AvgIpc) is 3.96. The summed E-state index contributed by atoms with van der Waals surface area (Å²) in [5.74, 6) is 0.648. The standard InChI is InChI=1S/C52H29N3OS/c1-2-13-30(14-3-1)31-15-12-16-33(27-31)47-51-48(46-38-21-6-4-17-34(38)35-18-5-7-22-40(35)50(46)57-51)54-52(53-47)55-43-23-10-8-19-36(43)42-29-41-32(28-44(42)55)25-26-39-37-20-9-11-24-45(37)56-49(39)41/h1-29H. The van der Waals surface area contributed by atoms with Gasteiger partial charge in [-0.3, -0.25) is 4.57 Å². The van der Waals surface area contributed by atoms with Crippen molar-refractivity contribution < 1.29 is 4.42 Å². The molecule has 4 heterocycles. The summed E-state index contributed by atoms with van der Waals surface area (Å²) in [4.78, 5) is 11.2. The summed E-state index contributed by atoms with van der Waals surface area (Å²) in [5, 5.41) is 12.8. The van der Waals surface area contributed by atoms with Gasteiger partial charge >= 0.3 is 0 Å². The third-order valence-corrected chi connectivity index (χ3v) is 13.0. The summed E-state index contributed by atoms with van der Waals surface area (Å²) in [6.45, 7) is 0. The highest BCUT2D eigenvalue weighted by molar-refractivity contribution is 7.27. The number of thiophene rings is 1. The second kappa shape index (κ2) is 11.6. The summed E-state index contributed by atoms with van der Waals surface area (Å²) in [7, 11) is 0. The molecule has 0 amide bonds. The number of rotatable bonds is 3. The first-order valence-corrected chi connectivity index (χ1v) is 20.1. The average molecular weight is 744 g/mol. The van der Waals surface area contributed by atoms with Crippen molar-refractivity contribution in [2.45, 2.75) is 0 Å². The minimum Gasteiger partial charge on any atom is -0.455 e. The van der Waals surface area contributed by atoms with Crippen LogP contribution >= 0.6 is 11.3 Å². The maximum atomic E-state index is 6.54. The Hall–Kier alpha value is -7.34. The minimum absolute atomic E-state index is 0.648. The first-order valence-electron chi connectivity index (χ1n) is 19.2. The zero-order valence-electron chi connectivity index (χ0n) is 30.4. The van der Waals surface area contributed by atoms with Gasteiger partial charge in [-0.1, -0.05) is 140 Å². The van der Waals surface area contributed by atoms with Crippen LogP contribution in [0.5, 0.6) is 0 Å². The van der Waals surface area contributed by atoms with Gasteiger partial charge in [0.15, 0.2) is 0 Å². The van der Waals surface area contributed by atoms with Crippen molar-refractivity contribution in [1.82, 2.24) is 14.5 Å². The molecule has 0 aliphatic heterocycles. The normalized spacial score (nSPS) is 12.2. The molecular weight excluding hydrogens is 715 g/mol. The van der Waals surface area contributed by atoms with Gasteiger partial charge in [-0.25, -0.2) is 9.97 Å².